The molecule has 1 aliphatic rings. The standard InChI is InChI=1S/C13H12Cl2FN3O/c14-12-17-10-7-8(16)1-2-11(10)19(12)9-3-5-18(6-4-9)13(15)20/h1-2,7,9H,3-6H2. The number of aromatic nitrogens is 2. The van der Waals surface area contributed by atoms with E-state index in [0.29, 0.717) is 23.9 Å². The van der Waals surface area contributed by atoms with Crippen molar-refractivity contribution in [1.29, 1.82) is 0 Å². The molecular weight excluding hydrogens is 304 g/mol. The van der Waals surface area contributed by atoms with Gasteiger partial charge in [-0.1, -0.05) is 0 Å². The van der Waals surface area contributed by atoms with Crippen molar-refractivity contribution in [2.75, 3.05) is 13.1 Å². The predicted octanol–water partition coefficient (Wildman–Crippen LogP) is 3.82. The van der Waals surface area contributed by atoms with Crippen LogP contribution in [0.1, 0.15) is 18.9 Å². The van der Waals surface area contributed by atoms with Crippen LogP contribution in [0.4, 0.5) is 9.18 Å². The molecule has 1 amide bonds. The summed E-state index contributed by atoms with van der Waals surface area (Å²) < 4.78 is 15.1. The van der Waals surface area contributed by atoms with Crippen LogP contribution in [-0.4, -0.2) is 32.9 Å². The summed E-state index contributed by atoms with van der Waals surface area (Å²) in [6.45, 7) is 1.17. The molecule has 1 aliphatic heterocycles. The molecule has 7 heteroatoms. The number of fused-ring (bicyclic) bond motifs is 1. The number of likely N-dealkylation sites (tertiary alicyclic amines) is 1. The fraction of sp³-hybridized carbons (Fsp3) is 0.385. The fourth-order valence-corrected chi connectivity index (χ4v) is 3.18. The van der Waals surface area contributed by atoms with Gasteiger partial charge in [-0.25, -0.2) is 9.37 Å². The predicted molar refractivity (Wildman–Crippen MR) is 75.8 cm³/mol. The van der Waals surface area contributed by atoms with Crippen LogP contribution in [0.2, 0.25) is 5.28 Å². The lowest BCUT2D eigenvalue weighted by Gasteiger charge is -2.31. The maximum Gasteiger partial charge on any atom is 0.316 e. The third kappa shape index (κ3) is 2.36. The Morgan fingerprint density at radius 3 is 2.70 bits per heavy atom. The summed E-state index contributed by atoms with van der Waals surface area (Å²) in [5.41, 5.74) is 1.36. The summed E-state index contributed by atoms with van der Waals surface area (Å²) in [7, 11) is 0. The molecule has 0 atom stereocenters. The number of amides is 1. The maximum absolute atomic E-state index is 13.2. The van der Waals surface area contributed by atoms with Crippen LogP contribution in [0, 0.1) is 5.82 Å². The summed E-state index contributed by atoms with van der Waals surface area (Å²) in [6, 6.07) is 4.59. The van der Waals surface area contributed by atoms with Crippen molar-refractivity contribution in [2.24, 2.45) is 0 Å². The number of carbonyl (C=O) groups is 1. The molecule has 0 radical (unpaired) electrons. The van der Waals surface area contributed by atoms with Gasteiger partial charge in [-0.05, 0) is 48.2 Å². The molecular formula is C13H12Cl2FN3O. The third-order valence-corrected chi connectivity index (χ3v) is 4.19. The first-order valence-electron chi connectivity index (χ1n) is 6.33. The molecule has 0 aliphatic carbocycles. The smallest absolute Gasteiger partial charge is 0.316 e. The van der Waals surface area contributed by atoms with E-state index in [1.807, 2.05) is 4.57 Å². The van der Waals surface area contributed by atoms with Crippen molar-refractivity contribution in [3.8, 4) is 0 Å². The number of nitrogens with zero attached hydrogens (tertiary/aromatic N) is 3. The molecule has 106 valence electrons. The summed E-state index contributed by atoms with van der Waals surface area (Å²) in [5, 5.41) is -0.0756. The van der Waals surface area contributed by atoms with Crippen LogP contribution in [0.3, 0.4) is 0 Å². The topological polar surface area (TPSA) is 38.1 Å². The normalized spacial score (nSPS) is 16.9. The van der Waals surface area contributed by atoms with Crippen molar-refractivity contribution in [1.82, 2.24) is 14.5 Å². The number of carbonyl (C=O) groups excluding carboxylic acids is 1. The van der Waals surface area contributed by atoms with Crippen LogP contribution >= 0.6 is 23.2 Å². The van der Waals surface area contributed by atoms with Crippen LogP contribution in [0.25, 0.3) is 11.0 Å². The quantitative estimate of drug-likeness (QED) is 0.592. The second-order valence-electron chi connectivity index (χ2n) is 4.86. The van der Waals surface area contributed by atoms with Gasteiger partial charge < -0.3 is 9.47 Å². The highest BCUT2D eigenvalue weighted by atomic mass is 35.5. The van der Waals surface area contributed by atoms with Gasteiger partial charge in [0.1, 0.15) is 5.82 Å². The summed E-state index contributed by atoms with van der Waals surface area (Å²) in [4.78, 5) is 16.9. The molecule has 0 spiro atoms. The lowest BCUT2D eigenvalue weighted by Crippen LogP contribution is -2.36. The molecule has 0 saturated carbocycles. The van der Waals surface area contributed by atoms with E-state index in [-0.39, 0.29) is 11.9 Å². The Morgan fingerprint density at radius 1 is 1.35 bits per heavy atom. The zero-order valence-electron chi connectivity index (χ0n) is 10.5. The number of hydrogen-bond acceptors (Lipinski definition) is 2. The third-order valence-electron chi connectivity index (χ3n) is 3.69. The van der Waals surface area contributed by atoms with Gasteiger partial charge in [-0.15, -0.1) is 0 Å². The molecule has 3 rings (SSSR count). The Labute approximate surface area is 125 Å². The van der Waals surface area contributed by atoms with Gasteiger partial charge in [-0.2, -0.15) is 0 Å². The summed E-state index contributed by atoms with van der Waals surface area (Å²) in [6.07, 6.45) is 1.50. The van der Waals surface area contributed by atoms with Gasteiger partial charge in [-0.3, -0.25) is 4.79 Å². The Balaban J connectivity index is 1.91. The highest BCUT2D eigenvalue weighted by Crippen LogP contribution is 2.31. The van der Waals surface area contributed by atoms with Crippen molar-refractivity contribution < 1.29 is 9.18 Å². The van der Waals surface area contributed by atoms with Crippen LogP contribution in [-0.2, 0) is 0 Å². The molecule has 1 saturated heterocycles. The number of imidazole rings is 1. The van der Waals surface area contributed by atoms with E-state index in [0.717, 1.165) is 18.4 Å². The first kappa shape index (κ1) is 13.6. The monoisotopic (exact) mass is 315 g/mol. The molecule has 1 aromatic carbocycles. The lowest BCUT2D eigenvalue weighted by molar-refractivity contribution is 0.193. The minimum Gasteiger partial charge on any atom is -0.329 e. The fourth-order valence-electron chi connectivity index (χ4n) is 2.69. The van der Waals surface area contributed by atoms with Crippen LogP contribution in [0.5, 0.6) is 0 Å². The summed E-state index contributed by atoms with van der Waals surface area (Å²) >= 11 is 11.6. The molecule has 2 heterocycles. The van der Waals surface area contributed by atoms with Gasteiger partial charge in [0.2, 0.25) is 5.28 Å². The maximum atomic E-state index is 13.2. The van der Waals surface area contributed by atoms with Gasteiger partial charge in [0.25, 0.3) is 0 Å². The average molecular weight is 316 g/mol. The Hall–Kier alpha value is -1.33. The molecule has 0 unspecified atom stereocenters. The van der Waals surface area contributed by atoms with E-state index >= 15 is 0 Å². The zero-order chi connectivity index (χ0) is 14.3. The highest BCUT2D eigenvalue weighted by molar-refractivity contribution is 6.62. The second kappa shape index (κ2) is 5.22. The number of halogens is 3. The molecule has 0 N–H and O–H groups in total. The van der Waals surface area contributed by atoms with Crippen LogP contribution in [0.15, 0.2) is 18.2 Å². The zero-order valence-corrected chi connectivity index (χ0v) is 12.0. The van der Waals surface area contributed by atoms with Crippen molar-refractivity contribution in [3.05, 3.63) is 29.3 Å². The van der Waals surface area contributed by atoms with Crippen molar-refractivity contribution in [3.63, 3.8) is 0 Å². The van der Waals surface area contributed by atoms with Gasteiger partial charge >= 0.3 is 5.37 Å². The molecule has 20 heavy (non-hydrogen) atoms. The Kier molecular flexibility index (Phi) is 3.56. The average Bonchev–Trinajstić information content (AvgIpc) is 2.73. The SMILES string of the molecule is O=C(Cl)N1CCC(n2c(Cl)nc3cc(F)ccc32)CC1. The molecule has 2 aromatic rings. The molecule has 4 nitrogen and oxygen atoms in total. The molecule has 1 aromatic heterocycles. The van der Waals surface area contributed by atoms with Gasteiger partial charge in [0.15, 0.2) is 0 Å². The number of benzene rings is 1. The van der Waals surface area contributed by atoms with E-state index in [4.69, 9.17) is 23.2 Å². The van der Waals surface area contributed by atoms with Gasteiger partial charge in [0, 0.05) is 25.2 Å². The minimum absolute atomic E-state index is 0.144. The Bertz CT molecular complexity index is 665. The largest absolute Gasteiger partial charge is 0.329 e. The van der Waals surface area contributed by atoms with E-state index in [9.17, 15) is 9.18 Å². The Morgan fingerprint density at radius 2 is 2.05 bits per heavy atom. The summed E-state index contributed by atoms with van der Waals surface area (Å²) in [5.74, 6) is -0.332. The van der Waals surface area contributed by atoms with E-state index in [2.05, 4.69) is 4.98 Å². The van der Waals surface area contributed by atoms with E-state index < -0.39 is 5.37 Å². The van der Waals surface area contributed by atoms with Gasteiger partial charge in [0.05, 0.1) is 11.0 Å². The second-order valence-corrected chi connectivity index (χ2v) is 5.52. The molecule has 0 bridgehead atoms. The van der Waals surface area contributed by atoms with Crippen molar-refractivity contribution in [2.45, 2.75) is 18.9 Å². The highest BCUT2D eigenvalue weighted by Gasteiger charge is 2.25. The number of hydrogen-bond donors (Lipinski definition) is 0. The lowest BCUT2D eigenvalue weighted by atomic mass is 10.1. The van der Waals surface area contributed by atoms with Crippen molar-refractivity contribution >= 4 is 39.6 Å². The van der Waals surface area contributed by atoms with E-state index in [1.165, 1.54) is 12.1 Å². The number of piperidine rings is 1. The van der Waals surface area contributed by atoms with E-state index in [1.54, 1.807) is 11.0 Å². The minimum atomic E-state index is -0.424. The number of rotatable bonds is 1. The van der Waals surface area contributed by atoms with Crippen LogP contribution < -0.4 is 0 Å². The molecule has 1 fully saturated rings. The first-order chi connectivity index (χ1) is 9.56. The first-order valence-corrected chi connectivity index (χ1v) is 7.09.